The van der Waals surface area contributed by atoms with Crippen LogP contribution in [-0.2, 0) is 19.4 Å². The average Bonchev–Trinajstić information content (AvgIpc) is 2.53. The minimum Gasteiger partial charge on any atom is -0.493 e. The van der Waals surface area contributed by atoms with Gasteiger partial charge in [-0.05, 0) is 48.6 Å². The van der Waals surface area contributed by atoms with E-state index in [4.69, 9.17) is 9.47 Å². The molecule has 2 rings (SSSR count). The highest BCUT2D eigenvalue weighted by atomic mass is 16.5. The number of hydrogen-bond acceptors (Lipinski definition) is 3. The summed E-state index contributed by atoms with van der Waals surface area (Å²) in [6.45, 7) is 4.74. The number of methoxy groups -OCH3 is 2. The predicted molar refractivity (Wildman–Crippen MR) is 88.1 cm³/mol. The smallest absolute Gasteiger partial charge is 0.250 e. The molecule has 0 unspecified atom stereocenters. The molecule has 0 radical (unpaired) electrons. The van der Waals surface area contributed by atoms with E-state index in [1.54, 1.807) is 24.9 Å². The molecule has 2 aromatic rings. The van der Waals surface area contributed by atoms with Gasteiger partial charge in [0.05, 0.1) is 14.2 Å². The molecule has 118 valence electrons. The third-order valence-corrected chi connectivity index (χ3v) is 3.91. The van der Waals surface area contributed by atoms with Crippen LogP contribution in [0.5, 0.6) is 11.5 Å². The molecule has 0 aliphatic rings. The number of aryl methyl sites for hydroxylation is 4. The van der Waals surface area contributed by atoms with Crippen molar-refractivity contribution in [3.8, 4) is 11.5 Å². The first-order chi connectivity index (χ1) is 10.6. The molecule has 4 heteroatoms. The van der Waals surface area contributed by atoms with Crippen LogP contribution in [0.1, 0.15) is 23.6 Å². The maximum absolute atomic E-state index is 12.1. The first-order valence-corrected chi connectivity index (χ1v) is 7.50. The highest BCUT2D eigenvalue weighted by molar-refractivity contribution is 5.42. The second-order valence-electron chi connectivity index (χ2n) is 5.31. The molecule has 0 saturated carbocycles. The molecule has 0 fully saturated rings. The van der Waals surface area contributed by atoms with Gasteiger partial charge in [0.2, 0.25) is 0 Å². The number of aromatic nitrogens is 1. The van der Waals surface area contributed by atoms with Crippen LogP contribution in [0.2, 0.25) is 0 Å². The van der Waals surface area contributed by atoms with E-state index in [1.165, 1.54) is 5.56 Å². The highest BCUT2D eigenvalue weighted by Crippen LogP contribution is 2.27. The maximum atomic E-state index is 12.1. The van der Waals surface area contributed by atoms with Gasteiger partial charge in [0, 0.05) is 18.8 Å². The van der Waals surface area contributed by atoms with Crippen LogP contribution < -0.4 is 15.0 Å². The van der Waals surface area contributed by atoms with Crippen molar-refractivity contribution in [3.63, 3.8) is 0 Å². The van der Waals surface area contributed by atoms with Crippen molar-refractivity contribution in [2.75, 3.05) is 14.2 Å². The molecule has 0 N–H and O–H groups in total. The Morgan fingerprint density at radius 2 is 1.82 bits per heavy atom. The van der Waals surface area contributed by atoms with Crippen LogP contribution in [0.25, 0.3) is 0 Å². The van der Waals surface area contributed by atoms with E-state index in [1.807, 2.05) is 31.3 Å². The molecule has 0 amide bonds. The molecular weight excluding hydrogens is 278 g/mol. The van der Waals surface area contributed by atoms with Crippen LogP contribution in [0.15, 0.2) is 35.3 Å². The Morgan fingerprint density at radius 1 is 1.09 bits per heavy atom. The van der Waals surface area contributed by atoms with E-state index in [2.05, 4.69) is 6.92 Å². The molecular formula is C18H23NO3. The molecule has 1 aromatic carbocycles. The Bertz CT molecular complexity index is 704. The fourth-order valence-electron chi connectivity index (χ4n) is 2.54. The number of nitrogens with zero attached hydrogens (tertiary/aromatic N) is 1. The lowest BCUT2D eigenvalue weighted by Gasteiger charge is -2.12. The van der Waals surface area contributed by atoms with Gasteiger partial charge in [0.25, 0.3) is 5.56 Å². The van der Waals surface area contributed by atoms with E-state index < -0.39 is 0 Å². The van der Waals surface area contributed by atoms with Crippen LogP contribution >= 0.6 is 0 Å². The Kier molecular flexibility index (Phi) is 5.26. The number of rotatable bonds is 6. The maximum Gasteiger partial charge on any atom is 0.250 e. The molecule has 0 aliphatic carbocycles. The summed E-state index contributed by atoms with van der Waals surface area (Å²) < 4.78 is 12.3. The summed E-state index contributed by atoms with van der Waals surface area (Å²) in [5.41, 5.74) is 3.44. The average molecular weight is 301 g/mol. The summed E-state index contributed by atoms with van der Waals surface area (Å²) in [6, 6.07) is 7.57. The van der Waals surface area contributed by atoms with E-state index >= 15 is 0 Å². The van der Waals surface area contributed by atoms with Crippen LogP contribution in [0, 0.1) is 6.92 Å². The third kappa shape index (κ3) is 3.50. The van der Waals surface area contributed by atoms with Gasteiger partial charge in [0.1, 0.15) is 0 Å². The fourth-order valence-corrected chi connectivity index (χ4v) is 2.54. The Hall–Kier alpha value is -2.23. The first-order valence-electron chi connectivity index (χ1n) is 7.50. The molecule has 1 aromatic heterocycles. The molecule has 0 bridgehead atoms. The summed E-state index contributed by atoms with van der Waals surface area (Å²) in [5.74, 6) is 1.43. The van der Waals surface area contributed by atoms with Gasteiger partial charge in [-0.3, -0.25) is 4.79 Å². The van der Waals surface area contributed by atoms with Crippen molar-refractivity contribution >= 4 is 0 Å². The summed E-state index contributed by atoms with van der Waals surface area (Å²) in [7, 11) is 3.25. The molecule has 0 saturated heterocycles. The number of ether oxygens (including phenoxy) is 2. The van der Waals surface area contributed by atoms with Crippen molar-refractivity contribution in [1.29, 1.82) is 0 Å². The molecule has 22 heavy (non-hydrogen) atoms. The fraction of sp³-hybridized carbons (Fsp3) is 0.389. The quantitative estimate of drug-likeness (QED) is 0.823. The van der Waals surface area contributed by atoms with Gasteiger partial charge < -0.3 is 14.0 Å². The molecule has 0 spiro atoms. The van der Waals surface area contributed by atoms with Gasteiger partial charge in [-0.2, -0.15) is 0 Å². The minimum absolute atomic E-state index is 0.0511. The normalized spacial score (nSPS) is 10.5. The van der Waals surface area contributed by atoms with E-state index in [0.29, 0.717) is 18.0 Å². The number of pyridine rings is 1. The number of hydrogen-bond donors (Lipinski definition) is 0. The summed E-state index contributed by atoms with van der Waals surface area (Å²) >= 11 is 0. The van der Waals surface area contributed by atoms with Crippen molar-refractivity contribution < 1.29 is 9.47 Å². The largest absolute Gasteiger partial charge is 0.493 e. The molecule has 0 atom stereocenters. The minimum atomic E-state index is 0.0511. The topological polar surface area (TPSA) is 40.5 Å². The second kappa shape index (κ2) is 7.16. The Morgan fingerprint density at radius 3 is 2.45 bits per heavy atom. The van der Waals surface area contributed by atoms with E-state index in [0.717, 1.165) is 24.0 Å². The van der Waals surface area contributed by atoms with Gasteiger partial charge in [-0.25, -0.2) is 0 Å². The van der Waals surface area contributed by atoms with Gasteiger partial charge in [-0.15, -0.1) is 0 Å². The van der Waals surface area contributed by atoms with Crippen molar-refractivity contribution in [2.24, 2.45) is 0 Å². The lowest BCUT2D eigenvalue weighted by molar-refractivity contribution is 0.354. The van der Waals surface area contributed by atoms with Gasteiger partial charge in [-0.1, -0.05) is 13.0 Å². The van der Waals surface area contributed by atoms with Crippen LogP contribution in [-0.4, -0.2) is 18.8 Å². The molecule has 0 aliphatic heterocycles. The van der Waals surface area contributed by atoms with E-state index in [9.17, 15) is 4.79 Å². The highest BCUT2D eigenvalue weighted by Gasteiger charge is 2.06. The van der Waals surface area contributed by atoms with Crippen molar-refractivity contribution in [2.45, 2.75) is 33.2 Å². The van der Waals surface area contributed by atoms with Crippen LogP contribution in [0.3, 0.4) is 0 Å². The lowest BCUT2D eigenvalue weighted by Crippen LogP contribution is -2.21. The molecule has 1 heterocycles. The molecule has 4 nitrogen and oxygen atoms in total. The van der Waals surface area contributed by atoms with Crippen LogP contribution in [0.4, 0.5) is 0 Å². The zero-order valence-electron chi connectivity index (χ0n) is 13.7. The van der Waals surface area contributed by atoms with E-state index in [-0.39, 0.29) is 5.56 Å². The second-order valence-corrected chi connectivity index (χ2v) is 5.31. The van der Waals surface area contributed by atoms with Gasteiger partial charge in [0.15, 0.2) is 11.5 Å². The van der Waals surface area contributed by atoms with Gasteiger partial charge >= 0.3 is 0 Å². The summed E-state index contributed by atoms with van der Waals surface area (Å²) in [5, 5.41) is 0. The monoisotopic (exact) mass is 301 g/mol. The third-order valence-electron chi connectivity index (χ3n) is 3.91. The lowest BCUT2D eigenvalue weighted by atomic mass is 10.1. The van der Waals surface area contributed by atoms with Crippen molar-refractivity contribution in [3.05, 3.63) is 57.5 Å². The standard InChI is InChI=1S/C18H23NO3/c1-5-15-12-19(18(20)10-13(15)2)9-8-14-6-7-16(21-3)17(11-14)22-4/h6-7,10-12H,5,8-9H2,1-4H3. The zero-order chi connectivity index (χ0) is 16.1. The SMILES string of the molecule is CCc1cn(CCc2ccc(OC)c(OC)c2)c(=O)cc1C. The Balaban J connectivity index is 2.18. The van der Waals surface area contributed by atoms with Crippen molar-refractivity contribution in [1.82, 2.24) is 4.57 Å². The summed E-state index contributed by atoms with van der Waals surface area (Å²) in [4.78, 5) is 12.1. The zero-order valence-corrected chi connectivity index (χ0v) is 13.7. The summed E-state index contributed by atoms with van der Waals surface area (Å²) in [6.07, 6.45) is 3.67. The first kappa shape index (κ1) is 16.1. The predicted octanol–water partition coefficient (Wildman–Crippen LogP) is 2.98. The Labute approximate surface area is 131 Å². The number of benzene rings is 1.